The van der Waals surface area contributed by atoms with E-state index in [1.165, 1.54) is 12.1 Å². The molecule has 0 spiro atoms. The molecule has 0 radical (unpaired) electrons. The van der Waals surface area contributed by atoms with Gasteiger partial charge in [-0.3, -0.25) is 9.89 Å². The maximum Gasteiger partial charge on any atom is 0.416 e. The van der Waals surface area contributed by atoms with Crippen LogP contribution < -0.4 is 5.32 Å². The van der Waals surface area contributed by atoms with Crippen LogP contribution in [0.15, 0.2) is 53.7 Å². The van der Waals surface area contributed by atoms with Crippen LogP contribution in [0.1, 0.15) is 18.1 Å². The zero-order chi connectivity index (χ0) is 20.3. The molecule has 0 fully saturated rings. The molecule has 1 atom stereocenters. The third-order valence-corrected chi connectivity index (χ3v) is 4.86. The van der Waals surface area contributed by atoms with E-state index in [0.717, 1.165) is 35.0 Å². The SMILES string of the molecule is Cc1ccc(-c2nc(S[C@@H](C)C(=O)Nc3cccc(C(F)(F)F)c3)n[nH]2)cc1. The van der Waals surface area contributed by atoms with Gasteiger partial charge in [0.25, 0.3) is 0 Å². The molecule has 3 rings (SSSR count). The average Bonchev–Trinajstić information content (AvgIpc) is 3.10. The van der Waals surface area contributed by atoms with Crippen molar-refractivity contribution in [2.24, 2.45) is 0 Å². The molecule has 0 aliphatic carbocycles. The summed E-state index contributed by atoms with van der Waals surface area (Å²) in [6.07, 6.45) is -4.47. The number of halogens is 3. The van der Waals surface area contributed by atoms with E-state index in [2.05, 4.69) is 20.5 Å². The number of thioether (sulfide) groups is 1. The van der Waals surface area contributed by atoms with E-state index >= 15 is 0 Å². The molecule has 5 nitrogen and oxygen atoms in total. The van der Waals surface area contributed by atoms with Gasteiger partial charge in [-0.2, -0.15) is 13.2 Å². The Morgan fingerprint density at radius 3 is 2.57 bits per heavy atom. The van der Waals surface area contributed by atoms with Crippen LogP contribution in [0.25, 0.3) is 11.4 Å². The van der Waals surface area contributed by atoms with E-state index < -0.39 is 22.9 Å². The normalized spacial score (nSPS) is 12.6. The molecular formula is C19H17F3N4OS. The lowest BCUT2D eigenvalue weighted by Crippen LogP contribution is -2.22. The Balaban J connectivity index is 1.64. The predicted molar refractivity (Wildman–Crippen MR) is 102 cm³/mol. The van der Waals surface area contributed by atoms with Gasteiger partial charge in [0, 0.05) is 11.3 Å². The first-order valence-corrected chi connectivity index (χ1v) is 9.24. The summed E-state index contributed by atoms with van der Waals surface area (Å²) < 4.78 is 38.3. The highest BCUT2D eigenvalue weighted by molar-refractivity contribution is 8.00. The Bertz CT molecular complexity index is 970. The minimum Gasteiger partial charge on any atom is -0.325 e. The molecule has 0 saturated heterocycles. The monoisotopic (exact) mass is 406 g/mol. The maximum atomic E-state index is 12.8. The highest BCUT2D eigenvalue weighted by atomic mass is 32.2. The first-order valence-electron chi connectivity index (χ1n) is 8.36. The van der Waals surface area contributed by atoms with Gasteiger partial charge in [0.1, 0.15) is 0 Å². The molecule has 146 valence electrons. The summed E-state index contributed by atoms with van der Waals surface area (Å²) in [5, 5.41) is 9.18. The molecule has 3 aromatic rings. The molecule has 9 heteroatoms. The van der Waals surface area contributed by atoms with Gasteiger partial charge < -0.3 is 5.32 Å². The van der Waals surface area contributed by atoms with Crippen molar-refractivity contribution in [1.82, 2.24) is 15.2 Å². The van der Waals surface area contributed by atoms with E-state index in [4.69, 9.17) is 0 Å². The van der Waals surface area contributed by atoms with Crippen LogP contribution in [0.2, 0.25) is 0 Å². The number of anilines is 1. The number of hydrogen-bond acceptors (Lipinski definition) is 4. The van der Waals surface area contributed by atoms with Gasteiger partial charge in [-0.1, -0.05) is 47.7 Å². The van der Waals surface area contributed by atoms with E-state index in [0.29, 0.717) is 11.0 Å². The number of nitrogens with zero attached hydrogens (tertiary/aromatic N) is 2. The van der Waals surface area contributed by atoms with Crippen molar-refractivity contribution in [3.05, 3.63) is 59.7 Å². The van der Waals surface area contributed by atoms with Crippen LogP contribution in [-0.4, -0.2) is 26.3 Å². The fraction of sp³-hybridized carbons (Fsp3) is 0.211. The standard InChI is InChI=1S/C19H17F3N4OS/c1-11-6-8-13(9-7-11)16-24-18(26-25-16)28-12(2)17(27)23-15-5-3-4-14(10-15)19(20,21)22/h3-10,12H,1-2H3,(H,23,27)(H,24,25,26)/t12-/m0/s1. The van der Waals surface area contributed by atoms with Gasteiger partial charge in [0.05, 0.1) is 10.8 Å². The van der Waals surface area contributed by atoms with Gasteiger partial charge >= 0.3 is 6.18 Å². The number of rotatable bonds is 5. The molecule has 0 saturated carbocycles. The molecule has 1 amide bonds. The molecule has 1 heterocycles. The summed E-state index contributed by atoms with van der Waals surface area (Å²) >= 11 is 1.11. The van der Waals surface area contributed by atoms with Crippen LogP contribution in [0, 0.1) is 6.92 Å². The summed E-state index contributed by atoms with van der Waals surface area (Å²) in [7, 11) is 0. The summed E-state index contributed by atoms with van der Waals surface area (Å²) in [4.78, 5) is 16.7. The molecular weight excluding hydrogens is 389 g/mol. The van der Waals surface area contributed by atoms with Gasteiger partial charge in [0.15, 0.2) is 5.82 Å². The molecule has 0 aliphatic heterocycles. The second-order valence-electron chi connectivity index (χ2n) is 6.16. The van der Waals surface area contributed by atoms with Crippen molar-refractivity contribution < 1.29 is 18.0 Å². The molecule has 0 unspecified atom stereocenters. The molecule has 0 bridgehead atoms. The summed E-state index contributed by atoms with van der Waals surface area (Å²) in [6, 6.07) is 12.2. The van der Waals surface area contributed by atoms with Crippen molar-refractivity contribution in [2.75, 3.05) is 5.32 Å². The number of nitrogens with one attached hydrogen (secondary N) is 2. The van der Waals surface area contributed by atoms with Gasteiger partial charge in [-0.15, -0.1) is 5.10 Å². The van der Waals surface area contributed by atoms with E-state index in [9.17, 15) is 18.0 Å². The van der Waals surface area contributed by atoms with E-state index in [-0.39, 0.29) is 5.69 Å². The number of aromatic nitrogens is 3. The van der Waals surface area contributed by atoms with Crippen molar-refractivity contribution >= 4 is 23.4 Å². The molecule has 2 aromatic carbocycles. The van der Waals surface area contributed by atoms with Gasteiger partial charge in [-0.05, 0) is 32.0 Å². The third-order valence-electron chi connectivity index (χ3n) is 3.90. The van der Waals surface area contributed by atoms with Gasteiger partial charge in [-0.25, -0.2) is 4.98 Å². The van der Waals surface area contributed by atoms with Crippen molar-refractivity contribution in [2.45, 2.75) is 30.4 Å². The summed E-state index contributed by atoms with van der Waals surface area (Å²) in [5.74, 6) is 0.138. The second-order valence-corrected chi connectivity index (χ2v) is 7.47. The lowest BCUT2D eigenvalue weighted by Gasteiger charge is -2.12. The smallest absolute Gasteiger partial charge is 0.325 e. The Morgan fingerprint density at radius 1 is 1.18 bits per heavy atom. The van der Waals surface area contributed by atoms with E-state index in [1.54, 1.807) is 6.92 Å². The van der Waals surface area contributed by atoms with Crippen LogP contribution in [0.4, 0.5) is 18.9 Å². The quantitative estimate of drug-likeness (QED) is 0.590. The highest BCUT2D eigenvalue weighted by Gasteiger charge is 2.30. The van der Waals surface area contributed by atoms with Crippen molar-refractivity contribution in [1.29, 1.82) is 0 Å². The number of amides is 1. The van der Waals surface area contributed by atoms with Crippen molar-refractivity contribution in [3.8, 4) is 11.4 Å². The van der Waals surface area contributed by atoms with Crippen LogP contribution in [0.5, 0.6) is 0 Å². The topological polar surface area (TPSA) is 70.7 Å². The fourth-order valence-corrected chi connectivity index (χ4v) is 3.09. The number of aromatic amines is 1. The number of benzene rings is 2. The number of aryl methyl sites for hydroxylation is 1. The number of carbonyl (C=O) groups is 1. The van der Waals surface area contributed by atoms with E-state index in [1.807, 2.05) is 31.2 Å². The third kappa shape index (κ3) is 4.92. The first kappa shape index (κ1) is 19.9. The van der Waals surface area contributed by atoms with Crippen LogP contribution in [-0.2, 0) is 11.0 Å². The Kier molecular flexibility index (Phi) is 5.73. The number of H-pyrrole nitrogens is 1. The Labute approximate surface area is 163 Å². The minimum atomic E-state index is -4.47. The maximum absolute atomic E-state index is 12.8. The predicted octanol–water partition coefficient (Wildman–Crippen LogP) is 4.92. The summed E-state index contributed by atoms with van der Waals surface area (Å²) in [6.45, 7) is 3.62. The fourth-order valence-electron chi connectivity index (χ4n) is 2.37. The molecule has 1 aromatic heterocycles. The lowest BCUT2D eigenvalue weighted by molar-refractivity contribution is -0.137. The number of hydrogen-bond donors (Lipinski definition) is 2. The Hall–Kier alpha value is -2.81. The highest BCUT2D eigenvalue weighted by Crippen LogP contribution is 2.31. The minimum absolute atomic E-state index is 0.0857. The summed E-state index contributed by atoms with van der Waals surface area (Å²) in [5.41, 5.74) is 1.26. The van der Waals surface area contributed by atoms with Crippen LogP contribution >= 0.6 is 11.8 Å². The van der Waals surface area contributed by atoms with Crippen LogP contribution in [0.3, 0.4) is 0 Å². The average molecular weight is 406 g/mol. The molecule has 0 aliphatic rings. The Morgan fingerprint density at radius 2 is 1.89 bits per heavy atom. The zero-order valence-electron chi connectivity index (χ0n) is 15.0. The molecule has 2 N–H and O–H groups in total. The zero-order valence-corrected chi connectivity index (χ0v) is 15.9. The number of carbonyl (C=O) groups excluding carboxylic acids is 1. The van der Waals surface area contributed by atoms with Gasteiger partial charge in [0.2, 0.25) is 11.1 Å². The first-order chi connectivity index (χ1) is 13.2. The van der Waals surface area contributed by atoms with Crippen molar-refractivity contribution in [3.63, 3.8) is 0 Å². The number of alkyl halides is 3. The molecule has 28 heavy (non-hydrogen) atoms. The lowest BCUT2D eigenvalue weighted by atomic mass is 10.1. The largest absolute Gasteiger partial charge is 0.416 e. The second kappa shape index (κ2) is 8.05.